The van der Waals surface area contributed by atoms with E-state index in [9.17, 15) is 9.18 Å². The van der Waals surface area contributed by atoms with Crippen LogP contribution in [0.3, 0.4) is 0 Å². The Morgan fingerprint density at radius 1 is 1.43 bits per heavy atom. The third-order valence-electron chi connectivity index (χ3n) is 3.04. The second-order valence-corrected chi connectivity index (χ2v) is 5.78. The summed E-state index contributed by atoms with van der Waals surface area (Å²) in [6.07, 6.45) is 0.644. The maximum absolute atomic E-state index is 13.2. The number of benzene rings is 1. The number of thiophene rings is 1. The number of hydrogen-bond acceptors (Lipinski definition) is 4. The van der Waals surface area contributed by atoms with Crippen molar-refractivity contribution in [3.63, 3.8) is 0 Å². The average molecular weight is 328 g/mol. The van der Waals surface area contributed by atoms with Gasteiger partial charge in [-0.15, -0.1) is 11.3 Å². The fraction of sp³-hybridized carbons (Fsp3) is 0.267. The molecule has 1 heterocycles. The SMILES string of the molecule is CCOC(=O)c1sc(-c2ccc(F)cc2Cl)c(CC)c1N. The van der Waals surface area contributed by atoms with Crippen LogP contribution >= 0.6 is 22.9 Å². The van der Waals surface area contributed by atoms with Gasteiger partial charge in [0.05, 0.1) is 17.3 Å². The fourth-order valence-corrected chi connectivity index (χ4v) is 3.63. The normalized spacial score (nSPS) is 10.7. The molecule has 1 aromatic heterocycles. The molecule has 6 heteroatoms. The molecular formula is C15H15ClFNO2S. The van der Waals surface area contributed by atoms with Crippen molar-refractivity contribution in [2.75, 3.05) is 12.3 Å². The molecule has 0 aliphatic heterocycles. The number of nitrogen functional groups attached to an aromatic ring is 1. The van der Waals surface area contributed by atoms with E-state index < -0.39 is 11.8 Å². The molecule has 0 aliphatic carbocycles. The number of ether oxygens (including phenoxy) is 1. The molecule has 1 aromatic carbocycles. The van der Waals surface area contributed by atoms with Crippen LogP contribution in [0.15, 0.2) is 18.2 Å². The minimum absolute atomic E-state index is 0.282. The van der Waals surface area contributed by atoms with Gasteiger partial charge in [0.15, 0.2) is 0 Å². The number of hydrogen-bond donors (Lipinski definition) is 1. The van der Waals surface area contributed by atoms with Crippen LogP contribution in [-0.4, -0.2) is 12.6 Å². The summed E-state index contributed by atoms with van der Waals surface area (Å²) in [5, 5.41) is 0.293. The highest BCUT2D eigenvalue weighted by Crippen LogP contribution is 2.42. The van der Waals surface area contributed by atoms with Crippen molar-refractivity contribution >= 4 is 34.6 Å². The van der Waals surface area contributed by atoms with E-state index in [1.54, 1.807) is 13.0 Å². The maximum atomic E-state index is 13.2. The lowest BCUT2D eigenvalue weighted by atomic mass is 10.1. The Bertz CT molecular complexity index is 685. The molecule has 0 aliphatic rings. The van der Waals surface area contributed by atoms with Gasteiger partial charge in [-0.2, -0.15) is 0 Å². The van der Waals surface area contributed by atoms with Gasteiger partial charge < -0.3 is 10.5 Å². The van der Waals surface area contributed by atoms with E-state index in [0.717, 1.165) is 10.4 Å². The van der Waals surface area contributed by atoms with E-state index >= 15 is 0 Å². The second kappa shape index (κ2) is 6.45. The van der Waals surface area contributed by atoms with Gasteiger partial charge in [-0.1, -0.05) is 18.5 Å². The van der Waals surface area contributed by atoms with Gasteiger partial charge in [-0.25, -0.2) is 9.18 Å². The Hall–Kier alpha value is -1.59. The topological polar surface area (TPSA) is 52.3 Å². The molecule has 2 N–H and O–H groups in total. The van der Waals surface area contributed by atoms with Crippen LogP contribution in [0.4, 0.5) is 10.1 Å². The number of carbonyl (C=O) groups excluding carboxylic acids is 1. The molecule has 0 fully saturated rings. The van der Waals surface area contributed by atoms with Crippen LogP contribution < -0.4 is 5.73 Å². The van der Waals surface area contributed by atoms with Gasteiger partial charge in [0.25, 0.3) is 0 Å². The molecule has 112 valence electrons. The fourth-order valence-electron chi connectivity index (χ4n) is 2.07. The van der Waals surface area contributed by atoms with Crippen molar-refractivity contribution in [1.29, 1.82) is 0 Å². The number of carbonyl (C=O) groups is 1. The van der Waals surface area contributed by atoms with E-state index in [4.69, 9.17) is 22.1 Å². The molecule has 0 bridgehead atoms. The summed E-state index contributed by atoms with van der Waals surface area (Å²) >= 11 is 7.33. The Balaban J connectivity index is 2.58. The van der Waals surface area contributed by atoms with Crippen LogP contribution in [0, 0.1) is 5.82 Å². The molecule has 0 unspecified atom stereocenters. The Morgan fingerprint density at radius 2 is 2.14 bits per heavy atom. The van der Waals surface area contributed by atoms with Gasteiger partial charge in [0.2, 0.25) is 0 Å². The molecule has 0 atom stereocenters. The first-order chi connectivity index (χ1) is 9.99. The average Bonchev–Trinajstić information content (AvgIpc) is 2.76. The van der Waals surface area contributed by atoms with Crippen molar-refractivity contribution in [3.8, 4) is 10.4 Å². The Kier molecular flexibility index (Phi) is 4.85. The van der Waals surface area contributed by atoms with Gasteiger partial charge in [0.1, 0.15) is 10.7 Å². The smallest absolute Gasteiger partial charge is 0.350 e. The van der Waals surface area contributed by atoms with Crippen LogP contribution in [0.1, 0.15) is 29.1 Å². The number of esters is 1. The highest BCUT2D eigenvalue weighted by molar-refractivity contribution is 7.18. The van der Waals surface area contributed by atoms with E-state index in [2.05, 4.69) is 0 Å². The molecule has 0 saturated heterocycles. The molecule has 0 amide bonds. The number of rotatable bonds is 4. The van der Waals surface area contributed by atoms with Crippen molar-refractivity contribution in [3.05, 3.63) is 39.5 Å². The van der Waals surface area contributed by atoms with E-state index in [1.807, 2.05) is 6.92 Å². The molecular weight excluding hydrogens is 313 g/mol. The maximum Gasteiger partial charge on any atom is 0.350 e. The minimum atomic E-state index is -0.445. The third-order valence-corrected chi connectivity index (χ3v) is 4.61. The molecule has 0 radical (unpaired) electrons. The lowest BCUT2D eigenvalue weighted by Crippen LogP contribution is -2.05. The third kappa shape index (κ3) is 3.04. The Morgan fingerprint density at radius 3 is 2.71 bits per heavy atom. The first kappa shape index (κ1) is 15.8. The van der Waals surface area contributed by atoms with Gasteiger partial charge >= 0.3 is 5.97 Å². The number of anilines is 1. The van der Waals surface area contributed by atoms with E-state index in [0.29, 0.717) is 27.6 Å². The number of nitrogens with two attached hydrogens (primary N) is 1. The molecule has 3 nitrogen and oxygen atoms in total. The summed E-state index contributed by atoms with van der Waals surface area (Å²) in [6.45, 7) is 3.96. The van der Waals surface area contributed by atoms with Crippen molar-refractivity contribution in [1.82, 2.24) is 0 Å². The zero-order valence-corrected chi connectivity index (χ0v) is 13.3. The van der Waals surface area contributed by atoms with Crippen LogP contribution in [0.5, 0.6) is 0 Å². The lowest BCUT2D eigenvalue weighted by molar-refractivity contribution is 0.0533. The summed E-state index contributed by atoms with van der Waals surface area (Å²) in [6, 6.07) is 4.17. The van der Waals surface area contributed by atoms with Crippen molar-refractivity contribution < 1.29 is 13.9 Å². The summed E-state index contributed by atoms with van der Waals surface area (Å²) < 4.78 is 18.2. The van der Waals surface area contributed by atoms with Crippen LogP contribution in [0.25, 0.3) is 10.4 Å². The van der Waals surface area contributed by atoms with Gasteiger partial charge in [-0.05, 0) is 37.1 Å². The number of halogens is 2. The molecule has 0 spiro atoms. The first-order valence-electron chi connectivity index (χ1n) is 6.53. The van der Waals surface area contributed by atoms with Crippen LogP contribution in [0.2, 0.25) is 5.02 Å². The van der Waals surface area contributed by atoms with E-state index in [1.165, 1.54) is 23.5 Å². The molecule has 2 aromatic rings. The van der Waals surface area contributed by atoms with Crippen LogP contribution in [-0.2, 0) is 11.2 Å². The summed E-state index contributed by atoms with van der Waals surface area (Å²) in [5.41, 5.74) is 7.97. The van der Waals surface area contributed by atoms with E-state index in [-0.39, 0.29) is 6.61 Å². The minimum Gasteiger partial charge on any atom is -0.462 e. The highest BCUT2D eigenvalue weighted by atomic mass is 35.5. The Labute approximate surface area is 131 Å². The summed E-state index contributed by atoms with van der Waals surface area (Å²) in [4.78, 5) is 13.1. The first-order valence-corrected chi connectivity index (χ1v) is 7.72. The van der Waals surface area contributed by atoms with Gasteiger partial charge in [0, 0.05) is 10.4 Å². The zero-order valence-electron chi connectivity index (χ0n) is 11.7. The van der Waals surface area contributed by atoms with Crippen molar-refractivity contribution in [2.45, 2.75) is 20.3 Å². The van der Waals surface area contributed by atoms with Crippen molar-refractivity contribution in [2.24, 2.45) is 0 Å². The standard InChI is InChI=1S/C15H15ClFNO2S/c1-3-9-12(18)14(15(19)20-4-2)21-13(9)10-6-5-8(17)7-11(10)16/h5-7H,3-4,18H2,1-2H3. The largest absolute Gasteiger partial charge is 0.462 e. The summed E-state index contributed by atoms with van der Waals surface area (Å²) in [5.74, 6) is -0.851. The molecule has 0 saturated carbocycles. The second-order valence-electron chi connectivity index (χ2n) is 4.35. The molecule has 2 rings (SSSR count). The summed E-state index contributed by atoms with van der Waals surface area (Å²) in [7, 11) is 0. The molecule has 21 heavy (non-hydrogen) atoms. The lowest BCUT2D eigenvalue weighted by Gasteiger charge is -2.05. The quantitative estimate of drug-likeness (QED) is 0.839. The highest BCUT2D eigenvalue weighted by Gasteiger charge is 2.22. The predicted octanol–water partition coefficient (Wildman–Crippen LogP) is 4.53. The zero-order chi connectivity index (χ0) is 15.6. The van der Waals surface area contributed by atoms with Gasteiger partial charge in [-0.3, -0.25) is 0 Å². The predicted molar refractivity (Wildman–Crippen MR) is 84.5 cm³/mol. The monoisotopic (exact) mass is 327 g/mol.